The van der Waals surface area contributed by atoms with Gasteiger partial charge in [-0.3, -0.25) is 0 Å². The second-order valence-corrected chi connectivity index (χ2v) is 6.48. The first-order valence-corrected chi connectivity index (χ1v) is 7.41. The Morgan fingerprint density at radius 3 is 2.78 bits per heavy atom. The molecular formula is C13H13BrClNOS. The van der Waals surface area contributed by atoms with Gasteiger partial charge in [0.25, 0.3) is 0 Å². The molecule has 1 N–H and O–H groups in total. The fraction of sp³-hybridized carbons (Fsp3) is 0.231. The van der Waals surface area contributed by atoms with Crippen LogP contribution < -0.4 is 10.1 Å². The summed E-state index contributed by atoms with van der Waals surface area (Å²) in [4.78, 5) is 1.18. The minimum Gasteiger partial charge on any atom is -0.495 e. The van der Waals surface area contributed by atoms with Gasteiger partial charge in [0.15, 0.2) is 0 Å². The lowest BCUT2D eigenvalue weighted by atomic mass is 10.2. The molecule has 0 amide bonds. The van der Waals surface area contributed by atoms with Gasteiger partial charge in [-0.2, -0.15) is 0 Å². The molecule has 0 radical (unpaired) electrons. The first-order valence-electron chi connectivity index (χ1n) is 5.42. The number of methoxy groups -OCH3 is 1. The van der Waals surface area contributed by atoms with E-state index in [2.05, 4.69) is 34.2 Å². The van der Waals surface area contributed by atoms with Gasteiger partial charge in [0, 0.05) is 15.9 Å². The van der Waals surface area contributed by atoms with Crippen LogP contribution in [-0.4, -0.2) is 7.11 Å². The zero-order valence-corrected chi connectivity index (χ0v) is 13.2. The molecule has 0 bridgehead atoms. The number of nitrogens with one attached hydrogen (secondary N) is 1. The third-order valence-corrected chi connectivity index (χ3v) is 4.98. The van der Waals surface area contributed by atoms with Gasteiger partial charge in [-0.25, -0.2) is 0 Å². The van der Waals surface area contributed by atoms with Crippen LogP contribution in [0.4, 0.5) is 5.69 Å². The monoisotopic (exact) mass is 345 g/mol. The van der Waals surface area contributed by atoms with Crippen LogP contribution in [0.5, 0.6) is 5.75 Å². The molecule has 0 aliphatic carbocycles. The molecule has 18 heavy (non-hydrogen) atoms. The number of aryl methyl sites for hydroxylation is 1. The van der Waals surface area contributed by atoms with E-state index in [0.717, 1.165) is 26.8 Å². The second-order valence-electron chi connectivity index (χ2n) is 3.89. The van der Waals surface area contributed by atoms with Crippen molar-refractivity contribution in [3.63, 3.8) is 0 Å². The second kappa shape index (κ2) is 5.95. The number of hydrogen-bond donors (Lipinski definition) is 1. The van der Waals surface area contributed by atoms with E-state index in [1.54, 1.807) is 18.4 Å². The Morgan fingerprint density at radius 2 is 2.17 bits per heavy atom. The molecule has 2 nitrogen and oxygen atoms in total. The topological polar surface area (TPSA) is 21.3 Å². The maximum Gasteiger partial charge on any atom is 0.141 e. The highest BCUT2D eigenvalue weighted by Gasteiger charge is 2.06. The van der Waals surface area contributed by atoms with Crippen molar-refractivity contribution in [1.82, 2.24) is 0 Å². The van der Waals surface area contributed by atoms with Crippen molar-refractivity contribution in [1.29, 1.82) is 0 Å². The third-order valence-electron chi connectivity index (χ3n) is 2.50. The van der Waals surface area contributed by atoms with Crippen LogP contribution in [0.3, 0.4) is 0 Å². The molecule has 1 aromatic carbocycles. The van der Waals surface area contributed by atoms with Gasteiger partial charge in [0.05, 0.1) is 12.8 Å². The highest BCUT2D eigenvalue weighted by atomic mass is 79.9. The van der Waals surface area contributed by atoms with E-state index >= 15 is 0 Å². The fourth-order valence-corrected chi connectivity index (χ4v) is 3.35. The van der Waals surface area contributed by atoms with Gasteiger partial charge in [-0.1, -0.05) is 17.7 Å². The summed E-state index contributed by atoms with van der Waals surface area (Å²) in [6.45, 7) is 2.79. The van der Waals surface area contributed by atoms with E-state index in [0.29, 0.717) is 0 Å². The summed E-state index contributed by atoms with van der Waals surface area (Å²) >= 11 is 11.0. The molecule has 5 heteroatoms. The van der Waals surface area contributed by atoms with Crippen molar-refractivity contribution in [2.45, 2.75) is 13.5 Å². The largest absolute Gasteiger partial charge is 0.495 e. The van der Waals surface area contributed by atoms with Crippen LogP contribution in [-0.2, 0) is 6.54 Å². The Morgan fingerprint density at radius 1 is 1.39 bits per heavy atom. The first kappa shape index (κ1) is 13.7. The Balaban J connectivity index is 2.12. The Bertz CT molecular complexity index is 536. The van der Waals surface area contributed by atoms with E-state index in [1.807, 2.05) is 18.2 Å². The highest BCUT2D eigenvalue weighted by molar-refractivity contribution is 9.10. The van der Waals surface area contributed by atoms with Gasteiger partial charge in [-0.05, 0) is 46.6 Å². The Kier molecular flexibility index (Phi) is 4.54. The summed E-state index contributed by atoms with van der Waals surface area (Å²) in [6.07, 6.45) is 0. The van der Waals surface area contributed by atoms with Gasteiger partial charge in [0.2, 0.25) is 0 Å². The average Bonchev–Trinajstić information content (AvgIpc) is 2.66. The lowest BCUT2D eigenvalue weighted by Gasteiger charge is -2.11. The van der Waals surface area contributed by atoms with Crippen LogP contribution in [0.2, 0.25) is 4.34 Å². The summed E-state index contributed by atoms with van der Waals surface area (Å²) in [5.41, 5.74) is 2.20. The SMILES string of the molecule is COc1ccc(C)cc1NCc1cc(Br)c(Cl)s1. The maximum atomic E-state index is 6.01. The molecule has 0 aliphatic heterocycles. The minimum atomic E-state index is 0.732. The van der Waals surface area contributed by atoms with Gasteiger partial charge >= 0.3 is 0 Å². The lowest BCUT2D eigenvalue weighted by Crippen LogP contribution is -2.00. The van der Waals surface area contributed by atoms with Crippen LogP contribution in [0, 0.1) is 6.92 Å². The van der Waals surface area contributed by atoms with E-state index in [-0.39, 0.29) is 0 Å². The minimum absolute atomic E-state index is 0.732. The summed E-state index contributed by atoms with van der Waals surface area (Å²) < 4.78 is 7.05. The van der Waals surface area contributed by atoms with Crippen LogP contribution in [0.25, 0.3) is 0 Å². The normalized spacial score (nSPS) is 10.4. The summed E-state index contributed by atoms with van der Waals surface area (Å²) in [7, 11) is 1.68. The van der Waals surface area contributed by atoms with Crippen molar-refractivity contribution >= 4 is 44.6 Å². The molecule has 0 atom stereocenters. The number of hydrogen-bond acceptors (Lipinski definition) is 3. The molecule has 96 valence electrons. The summed E-state index contributed by atoms with van der Waals surface area (Å²) in [5, 5.41) is 3.37. The van der Waals surface area contributed by atoms with Crippen LogP contribution in [0.15, 0.2) is 28.7 Å². The molecule has 2 aromatic rings. The van der Waals surface area contributed by atoms with Crippen molar-refractivity contribution in [2.24, 2.45) is 0 Å². The number of benzene rings is 1. The first-order chi connectivity index (χ1) is 8.60. The number of rotatable bonds is 4. The molecule has 0 spiro atoms. The van der Waals surface area contributed by atoms with Gasteiger partial charge in [0.1, 0.15) is 10.1 Å². The molecule has 2 rings (SSSR count). The standard InChI is InChI=1S/C13H13BrClNOS/c1-8-3-4-12(17-2)11(5-8)16-7-9-6-10(14)13(15)18-9/h3-6,16H,7H2,1-2H3. The lowest BCUT2D eigenvalue weighted by molar-refractivity contribution is 0.416. The van der Waals surface area contributed by atoms with Crippen molar-refractivity contribution in [3.8, 4) is 5.75 Å². The summed E-state index contributed by atoms with van der Waals surface area (Å²) in [5.74, 6) is 0.849. The molecule has 0 saturated heterocycles. The number of halogens is 2. The Hall–Kier alpha value is -0.710. The van der Waals surface area contributed by atoms with E-state index in [1.165, 1.54) is 10.4 Å². The molecule has 0 fully saturated rings. The quantitative estimate of drug-likeness (QED) is 0.832. The predicted octanol–water partition coefficient (Wildman–Crippen LogP) is 5.09. The van der Waals surface area contributed by atoms with E-state index in [4.69, 9.17) is 16.3 Å². The van der Waals surface area contributed by atoms with Crippen molar-refractivity contribution in [3.05, 3.63) is 43.5 Å². The number of anilines is 1. The third kappa shape index (κ3) is 3.19. The maximum absolute atomic E-state index is 6.01. The zero-order valence-electron chi connectivity index (χ0n) is 10.1. The smallest absolute Gasteiger partial charge is 0.141 e. The number of ether oxygens (including phenoxy) is 1. The summed E-state index contributed by atoms with van der Waals surface area (Å²) in [6, 6.07) is 8.10. The van der Waals surface area contributed by atoms with Crippen molar-refractivity contribution < 1.29 is 4.74 Å². The molecule has 0 saturated carbocycles. The number of thiophene rings is 1. The zero-order chi connectivity index (χ0) is 13.1. The van der Waals surface area contributed by atoms with Gasteiger partial charge in [-0.15, -0.1) is 11.3 Å². The van der Waals surface area contributed by atoms with E-state index < -0.39 is 0 Å². The highest BCUT2D eigenvalue weighted by Crippen LogP contribution is 2.33. The molecule has 1 aromatic heterocycles. The van der Waals surface area contributed by atoms with Crippen molar-refractivity contribution in [2.75, 3.05) is 12.4 Å². The van der Waals surface area contributed by atoms with E-state index in [9.17, 15) is 0 Å². The Labute approximate surface area is 124 Å². The van der Waals surface area contributed by atoms with Crippen LogP contribution in [0.1, 0.15) is 10.4 Å². The van der Waals surface area contributed by atoms with Crippen LogP contribution >= 0.6 is 38.9 Å². The molecule has 0 unspecified atom stereocenters. The average molecular weight is 347 g/mol. The molecule has 0 aliphatic rings. The predicted molar refractivity (Wildman–Crippen MR) is 82.1 cm³/mol. The fourth-order valence-electron chi connectivity index (χ4n) is 1.62. The van der Waals surface area contributed by atoms with Gasteiger partial charge < -0.3 is 10.1 Å². The molecular weight excluding hydrogens is 334 g/mol. The molecule has 1 heterocycles.